The van der Waals surface area contributed by atoms with Gasteiger partial charge in [0, 0.05) is 22.2 Å². The molecule has 0 spiro atoms. The Labute approximate surface area is 101 Å². The first-order valence-electron chi connectivity index (χ1n) is 4.28. The van der Waals surface area contributed by atoms with Crippen molar-refractivity contribution in [1.82, 2.24) is 0 Å². The minimum absolute atomic E-state index is 1.15. The second-order valence-electron chi connectivity index (χ2n) is 2.44. The van der Waals surface area contributed by atoms with E-state index < -0.39 is 0 Å². The zero-order chi connectivity index (χ0) is 9.07. The van der Waals surface area contributed by atoms with Crippen molar-refractivity contribution in [2.75, 3.05) is 22.2 Å². The number of hydrogen-bond acceptors (Lipinski definition) is 2. The zero-order valence-electron chi connectivity index (χ0n) is 7.23. The summed E-state index contributed by atoms with van der Waals surface area (Å²) in [5, 5.41) is 2.31. The van der Waals surface area contributed by atoms with E-state index in [4.69, 9.17) is 0 Å². The van der Waals surface area contributed by atoms with Gasteiger partial charge in [0.2, 0.25) is 0 Å². The van der Waals surface area contributed by atoms with Crippen LogP contribution < -0.4 is 0 Å². The molecule has 0 aromatic carbocycles. The Morgan fingerprint density at radius 3 is 1.42 bits per heavy atom. The number of alkyl halides is 2. The second-order valence-corrected chi connectivity index (χ2v) is 6.72. The predicted molar refractivity (Wildman–Crippen MR) is 71.0 cm³/mol. The lowest BCUT2D eigenvalue weighted by Crippen LogP contribution is -1.81. The molecule has 0 aliphatic heterocycles. The number of hydrogen-bond donors (Lipinski definition) is 0. The molecule has 0 rings (SSSR count). The van der Waals surface area contributed by atoms with Crippen molar-refractivity contribution in [3.8, 4) is 0 Å². The Morgan fingerprint density at radius 2 is 1.08 bits per heavy atom. The zero-order valence-corrected chi connectivity index (χ0v) is 12.0. The van der Waals surface area contributed by atoms with Gasteiger partial charge in [0.05, 0.1) is 0 Å². The van der Waals surface area contributed by atoms with Gasteiger partial charge in [-0.15, -0.1) is 0 Å². The second kappa shape index (κ2) is 12.7. The molecule has 4 heteroatoms. The third kappa shape index (κ3) is 11.7. The van der Waals surface area contributed by atoms with Crippen LogP contribution in [-0.2, 0) is 0 Å². The summed E-state index contributed by atoms with van der Waals surface area (Å²) in [6, 6.07) is 0. The summed E-state index contributed by atoms with van der Waals surface area (Å²) in [7, 11) is 4.05. The molecule has 0 nitrogen and oxygen atoms in total. The first-order chi connectivity index (χ1) is 5.91. The van der Waals surface area contributed by atoms with Gasteiger partial charge < -0.3 is 0 Å². The first-order valence-corrected chi connectivity index (χ1v) is 9.01. The average Bonchev–Trinajstić information content (AvgIpc) is 2.10. The molecular formula is C8H16Br2S2. The lowest BCUT2D eigenvalue weighted by Gasteiger charge is -1.99. The predicted octanol–water partition coefficient (Wildman–Crippen LogP) is 4.72. The van der Waals surface area contributed by atoms with Gasteiger partial charge in [-0.25, -0.2) is 0 Å². The van der Waals surface area contributed by atoms with Gasteiger partial charge in [0.15, 0.2) is 0 Å². The third-order valence-electron chi connectivity index (χ3n) is 1.31. The van der Waals surface area contributed by atoms with Crippen molar-refractivity contribution in [1.29, 1.82) is 0 Å². The van der Waals surface area contributed by atoms with Crippen LogP contribution in [0.4, 0.5) is 0 Å². The fourth-order valence-electron chi connectivity index (χ4n) is 0.629. The van der Waals surface area contributed by atoms with E-state index in [0.29, 0.717) is 0 Å². The summed E-state index contributed by atoms with van der Waals surface area (Å²) in [6.07, 6.45) is 5.33. The standard InChI is InChI=1S/C8H16Br2S2/c9-5-1-3-7-11-12-8-4-2-6-10/h1-8H2. The molecule has 0 saturated heterocycles. The third-order valence-corrected chi connectivity index (χ3v) is 5.00. The highest BCUT2D eigenvalue weighted by Gasteiger charge is 1.91. The van der Waals surface area contributed by atoms with E-state index in [9.17, 15) is 0 Å². The molecule has 0 bridgehead atoms. The summed E-state index contributed by atoms with van der Waals surface area (Å²) in [4.78, 5) is 0. The summed E-state index contributed by atoms with van der Waals surface area (Å²) >= 11 is 6.86. The van der Waals surface area contributed by atoms with Crippen molar-refractivity contribution >= 4 is 53.4 Å². The van der Waals surface area contributed by atoms with Crippen molar-refractivity contribution < 1.29 is 0 Å². The van der Waals surface area contributed by atoms with E-state index in [1.54, 1.807) is 0 Å². The molecule has 0 aliphatic rings. The molecule has 0 aromatic rings. The van der Waals surface area contributed by atoms with Crippen LogP contribution in [0.15, 0.2) is 0 Å². The molecule has 0 N–H and O–H groups in total. The fourth-order valence-corrected chi connectivity index (χ4v) is 3.72. The Hall–Kier alpha value is 1.66. The molecular weight excluding hydrogens is 320 g/mol. The highest BCUT2D eigenvalue weighted by atomic mass is 79.9. The number of rotatable bonds is 9. The molecule has 0 atom stereocenters. The number of halogens is 2. The van der Waals surface area contributed by atoms with Crippen molar-refractivity contribution in [2.24, 2.45) is 0 Å². The smallest absolute Gasteiger partial charge is 0.00372 e. The highest BCUT2D eigenvalue weighted by molar-refractivity contribution is 9.09. The van der Waals surface area contributed by atoms with Crippen LogP contribution in [0, 0.1) is 0 Å². The SMILES string of the molecule is BrCCCCSSCCCCBr. The summed E-state index contributed by atoms with van der Waals surface area (Å²) in [6.45, 7) is 0. The van der Waals surface area contributed by atoms with Gasteiger partial charge in [0.1, 0.15) is 0 Å². The van der Waals surface area contributed by atoms with E-state index in [0.717, 1.165) is 10.7 Å². The molecule has 0 saturated carbocycles. The van der Waals surface area contributed by atoms with E-state index in [-0.39, 0.29) is 0 Å². The highest BCUT2D eigenvalue weighted by Crippen LogP contribution is 2.23. The average molecular weight is 336 g/mol. The van der Waals surface area contributed by atoms with E-state index in [1.165, 1.54) is 37.2 Å². The molecule has 0 heterocycles. The Balaban J connectivity index is 2.73. The largest absolute Gasteiger partial charge is 0.0942 e. The van der Waals surface area contributed by atoms with Crippen molar-refractivity contribution in [3.63, 3.8) is 0 Å². The fraction of sp³-hybridized carbons (Fsp3) is 1.00. The van der Waals surface area contributed by atoms with Crippen LogP contribution in [0.5, 0.6) is 0 Å². The first kappa shape index (κ1) is 13.7. The maximum atomic E-state index is 3.43. The topological polar surface area (TPSA) is 0 Å². The maximum Gasteiger partial charge on any atom is 0.00372 e. The van der Waals surface area contributed by atoms with Gasteiger partial charge in [-0.05, 0) is 25.7 Å². The lowest BCUT2D eigenvalue weighted by molar-refractivity contribution is 0.912. The Bertz CT molecular complexity index is 71.5. The monoisotopic (exact) mass is 334 g/mol. The molecule has 0 unspecified atom stereocenters. The maximum absolute atomic E-state index is 3.43. The van der Waals surface area contributed by atoms with E-state index >= 15 is 0 Å². The minimum Gasteiger partial charge on any atom is -0.0942 e. The van der Waals surface area contributed by atoms with E-state index in [1.807, 2.05) is 21.6 Å². The quantitative estimate of drug-likeness (QED) is 0.340. The van der Waals surface area contributed by atoms with Gasteiger partial charge in [-0.1, -0.05) is 53.4 Å². The summed E-state index contributed by atoms with van der Waals surface area (Å²) < 4.78 is 0. The van der Waals surface area contributed by atoms with Gasteiger partial charge in [-0.2, -0.15) is 0 Å². The Kier molecular flexibility index (Phi) is 14.4. The Morgan fingerprint density at radius 1 is 0.667 bits per heavy atom. The molecule has 0 aliphatic carbocycles. The van der Waals surface area contributed by atoms with Crippen molar-refractivity contribution in [2.45, 2.75) is 25.7 Å². The molecule has 12 heavy (non-hydrogen) atoms. The minimum atomic E-state index is 1.15. The molecule has 0 fully saturated rings. The molecule has 74 valence electrons. The van der Waals surface area contributed by atoms with Crippen molar-refractivity contribution in [3.05, 3.63) is 0 Å². The molecule has 0 radical (unpaired) electrons. The molecule has 0 aromatic heterocycles. The summed E-state index contributed by atoms with van der Waals surface area (Å²) in [5.41, 5.74) is 0. The number of unbranched alkanes of at least 4 members (excludes halogenated alkanes) is 2. The van der Waals surface area contributed by atoms with Crippen LogP contribution >= 0.6 is 53.4 Å². The van der Waals surface area contributed by atoms with Crippen LogP contribution in [0.1, 0.15) is 25.7 Å². The molecule has 0 amide bonds. The van der Waals surface area contributed by atoms with E-state index in [2.05, 4.69) is 31.9 Å². The lowest BCUT2D eigenvalue weighted by atomic mass is 10.4. The van der Waals surface area contributed by atoms with Crippen LogP contribution in [0.25, 0.3) is 0 Å². The summed E-state index contributed by atoms with van der Waals surface area (Å²) in [5.74, 6) is 2.62. The van der Waals surface area contributed by atoms with Crippen LogP contribution in [0.3, 0.4) is 0 Å². The normalized spacial score (nSPS) is 10.5. The van der Waals surface area contributed by atoms with Gasteiger partial charge in [-0.3, -0.25) is 0 Å². The van der Waals surface area contributed by atoms with Gasteiger partial charge >= 0.3 is 0 Å². The van der Waals surface area contributed by atoms with Gasteiger partial charge in [0.25, 0.3) is 0 Å². The van der Waals surface area contributed by atoms with Crippen LogP contribution in [-0.4, -0.2) is 22.2 Å². The van der Waals surface area contributed by atoms with Crippen LogP contribution in [0.2, 0.25) is 0 Å².